The zero-order valence-corrected chi connectivity index (χ0v) is 31.5. The second-order valence-corrected chi connectivity index (χ2v) is 16.2. The van der Waals surface area contributed by atoms with E-state index in [0.717, 1.165) is 0 Å². The predicted molar refractivity (Wildman–Crippen MR) is 251 cm³/mol. The molecule has 14 aromatic carbocycles. The monoisotopic (exact) mass is 728 g/mol. The van der Waals surface area contributed by atoms with Crippen LogP contribution in [0.15, 0.2) is 194 Å². The lowest BCUT2D eigenvalue weighted by Gasteiger charge is -2.19. The first-order valence-corrected chi connectivity index (χ1v) is 20.4. The summed E-state index contributed by atoms with van der Waals surface area (Å²) in [4.78, 5) is 0. The highest BCUT2D eigenvalue weighted by Gasteiger charge is 2.27. The van der Waals surface area contributed by atoms with Crippen LogP contribution in [0, 0.1) is 0 Å². The van der Waals surface area contributed by atoms with Crippen LogP contribution in [0.2, 0.25) is 0 Å². The van der Waals surface area contributed by atoms with Crippen LogP contribution in [0.5, 0.6) is 0 Å². The summed E-state index contributed by atoms with van der Waals surface area (Å²) in [6.07, 6.45) is 0. The Balaban J connectivity index is 1.21. The van der Waals surface area contributed by atoms with E-state index in [2.05, 4.69) is 194 Å². The molecule has 0 nitrogen and oxygen atoms in total. The number of benzene rings is 12. The Labute approximate surface area is 333 Å². The SMILES string of the molecule is c1ccc(-c2c3cc4c5ccccc5c5cccc(c3c(-c3ccccc3)c3c6ccc(-c7ccc8ccc9cccc%10ccc7c8c9%10)c7cccc(c23)c76)c54)cc1. The van der Waals surface area contributed by atoms with E-state index in [4.69, 9.17) is 0 Å². The third kappa shape index (κ3) is 3.80. The molecular formula is C58H32. The molecule has 0 N–H and O–H groups in total. The van der Waals surface area contributed by atoms with Gasteiger partial charge in [-0.05, 0) is 147 Å². The van der Waals surface area contributed by atoms with E-state index in [0.29, 0.717) is 0 Å². The molecule has 0 saturated heterocycles. The fourth-order valence-corrected chi connectivity index (χ4v) is 11.2. The Morgan fingerprint density at radius 3 is 1.38 bits per heavy atom. The van der Waals surface area contributed by atoms with Crippen LogP contribution >= 0.6 is 0 Å². The van der Waals surface area contributed by atoms with Crippen LogP contribution in [-0.4, -0.2) is 0 Å². The van der Waals surface area contributed by atoms with Crippen molar-refractivity contribution in [3.05, 3.63) is 194 Å². The van der Waals surface area contributed by atoms with Gasteiger partial charge in [0, 0.05) is 0 Å². The molecule has 0 bridgehead atoms. The standard InChI is InChI=1S/C58H32/c1-3-12-33(13-4-1)52-49-32-48-39-19-8-7-18-38(39)42-20-10-22-45(55(42)48)56(49)53(34-14-5-2-6-15-34)58-47-31-30-41(43-21-11-23-46(54(43)47)57(52)58)40-28-26-37-25-24-35-16-9-17-36-27-29-44(40)51(37)50(35)36/h1-32H. The fraction of sp³-hybridized carbons (Fsp3) is 0. The lowest BCUT2D eigenvalue weighted by Crippen LogP contribution is -1.91. The quantitative estimate of drug-likeness (QED) is 0.159. The highest BCUT2D eigenvalue weighted by Crippen LogP contribution is 2.55. The second-order valence-electron chi connectivity index (χ2n) is 16.2. The fourth-order valence-electron chi connectivity index (χ4n) is 11.2. The lowest BCUT2D eigenvalue weighted by molar-refractivity contribution is 1.68. The minimum atomic E-state index is 1.24. The molecule has 0 aromatic heterocycles. The van der Waals surface area contributed by atoms with Gasteiger partial charge in [0.2, 0.25) is 0 Å². The van der Waals surface area contributed by atoms with Crippen LogP contribution in [0.25, 0.3) is 141 Å². The first-order chi connectivity index (χ1) is 28.8. The van der Waals surface area contributed by atoms with Crippen molar-refractivity contribution in [2.75, 3.05) is 0 Å². The summed E-state index contributed by atoms with van der Waals surface area (Å²) >= 11 is 0. The van der Waals surface area contributed by atoms with Gasteiger partial charge in [-0.1, -0.05) is 188 Å². The van der Waals surface area contributed by atoms with Crippen LogP contribution in [0.3, 0.4) is 0 Å². The third-order valence-electron chi connectivity index (χ3n) is 13.5. The van der Waals surface area contributed by atoms with Crippen molar-refractivity contribution in [1.82, 2.24) is 0 Å². The Bertz CT molecular complexity index is 3970. The van der Waals surface area contributed by atoms with Crippen molar-refractivity contribution in [3.8, 4) is 33.4 Å². The van der Waals surface area contributed by atoms with E-state index in [1.54, 1.807) is 0 Å². The van der Waals surface area contributed by atoms with Crippen molar-refractivity contribution >= 4 is 108 Å². The Hall–Kier alpha value is -7.54. The summed E-state index contributed by atoms with van der Waals surface area (Å²) in [5.41, 5.74) is 7.68. The third-order valence-corrected chi connectivity index (χ3v) is 13.5. The Kier molecular flexibility index (Phi) is 5.85. The average molecular weight is 729 g/mol. The van der Waals surface area contributed by atoms with Crippen LogP contribution in [0.4, 0.5) is 0 Å². The van der Waals surface area contributed by atoms with Gasteiger partial charge < -0.3 is 0 Å². The van der Waals surface area contributed by atoms with Crippen LogP contribution < -0.4 is 0 Å². The van der Waals surface area contributed by atoms with Gasteiger partial charge in [-0.15, -0.1) is 0 Å². The van der Waals surface area contributed by atoms with Crippen LogP contribution in [-0.2, 0) is 0 Å². The van der Waals surface area contributed by atoms with Crippen molar-refractivity contribution in [1.29, 1.82) is 0 Å². The lowest BCUT2D eigenvalue weighted by atomic mass is 9.84. The van der Waals surface area contributed by atoms with Gasteiger partial charge in [-0.2, -0.15) is 0 Å². The number of hydrogen-bond acceptors (Lipinski definition) is 0. The van der Waals surface area contributed by atoms with Crippen molar-refractivity contribution in [3.63, 3.8) is 0 Å². The molecule has 0 aliphatic rings. The van der Waals surface area contributed by atoms with Gasteiger partial charge in [0.1, 0.15) is 0 Å². The van der Waals surface area contributed by atoms with Gasteiger partial charge in [-0.3, -0.25) is 0 Å². The summed E-state index contributed by atoms with van der Waals surface area (Å²) in [6.45, 7) is 0. The molecule has 264 valence electrons. The summed E-state index contributed by atoms with van der Waals surface area (Å²) < 4.78 is 0. The molecular weight excluding hydrogens is 697 g/mol. The number of hydrogen-bond donors (Lipinski definition) is 0. The smallest absolute Gasteiger partial charge is 0.000719 e. The molecule has 0 amide bonds. The van der Waals surface area contributed by atoms with Gasteiger partial charge in [0.15, 0.2) is 0 Å². The zero-order chi connectivity index (χ0) is 37.6. The summed E-state index contributed by atoms with van der Waals surface area (Å²) in [7, 11) is 0. The predicted octanol–water partition coefficient (Wildman–Crippen LogP) is 16.5. The van der Waals surface area contributed by atoms with Crippen LogP contribution in [0.1, 0.15) is 0 Å². The minimum Gasteiger partial charge on any atom is -0.0622 e. The van der Waals surface area contributed by atoms with E-state index in [9.17, 15) is 0 Å². The van der Waals surface area contributed by atoms with Crippen molar-refractivity contribution in [2.45, 2.75) is 0 Å². The van der Waals surface area contributed by atoms with Crippen molar-refractivity contribution in [2.24, 2.45) is 0 Å². The van der Waals surface area contributed by atoms with E-state index in [1.807, 2.05) is 0 Å². The van der Waals surface area contributed by atoms with Gasteiger partial charge >= 0.3 is 0 Å². The molecule has 14 rings (SSSR count). The minimum absolute atomic E-state index is 1.24. The Morgan fingerprint density at radius 1 is 0.190 bits per heavy atom. The molecule has 0 aliphatic heterocycles. The molecule has 0 radical (unpaired) electrons. The first kappa shape index (κ1) is 30.7. The molecule has 0 fully saturated rings. The molecule has 0 heterocycles. The summed E-state index contributed by atoms with van der Waals surface area (Å²) in [6, 6.07) is 73.2. The Morgan fingerprint density at radius 2 is 0.638 bits per heavy atom. The molecule has 14 aromatic rings. The molecule has 0 saturated carbocycles. The van der Waals surface area contributed by atoms with E-state index in [-0.39, 0.29) is 0 Å². The molecule has 0 unspecified atom stereocenters. The highest BCUT2D eigenvalue weighted by atomic mass is 14.3. The number of fused-ring (bicyclic) bond motifs is 8. The van der Waals surface area contributed by atoms with Gasteiger partial charge in [0.05, 0.1) is 0 Å². The topological polar surface area (TPSA) is 0 Å². The first-order valence-electron chi connectivity index (χ1n) is 20.4. The average Bonchev–Trinajstić information content (AvgIpc) is 3.79. The summed E-state index contributed by atoms with van der Waals surface area (Å²) in [5.74, 6) is 0. The molecule has 0 aliphatic carbocycles. The largest absolute Gasteiger partial charge is 0.0622 e. The van der Waals surface area contributed by atoms with Gasteiger partial charge in [0.25, 0.3) is 0 Å². The van der Waals surface area contributed by atoms with E-state index in [1.165, 1.54) is 141 Å². The van der Waals surface area contributed by atoms with E-state index >= 15 is 0 Å². The maximum absolute atomic E-state index is 2.53. The normalized spacial score (nSPS) is 12.5. The van der Waals surface area contributed by atoms with E-state index < -0.39 is 0 Å². The maximum Gasteiger partial charge on any atom is -0.000719 e. The molecule has 0 spiro atoms. The zero-order valence-electron chi connectivity index (χ0n) is 31.5. The molecule has 58 heavy (non-hydrogen) atoms. The van der Waals surface area contributed by atoms with Gasteiger partial charge in [-0.25, -0.2) is 0 Å². The number of rotatable bonds is 3. The maximum atomic E-state index is 2.53. The summed E-state index contributed by atoms with van der Waals surface area (Å²) in [5, 5.41) is 26.4. The molecule has 0 atom stereocenters. The highest BCUT2D eigenvalue weighted by molar-refractivity contribution is 6.45. The molecule has 0 heteroatoms. The van der Waals surface area contributed by atoms with Crippen molar-refractivity contribution < 1.29 is 0 Å². The second kappa shape index (κ2) is 11.1.